The van der Waals surface area contributed by atoms with Gasteiger partial charge in [0.1, 0.15) is 5.75 Å². The van der Waals surface area contributed by atoms with Crippen LogP contribution in [0.4, 0.5) is 5.69 Å². The third-order valence-corrected chi connectivity index (χ3v) is 5.19. The normalized spacial score (nSPS) is 11.2. The van der Waals surface area contributed by atoms with Crippen LogP contribution in [0.25, 0.3) is 11.5 Å². The molecular formula is C27H27N3O3. The second-order valence-electron chi connectivity index (χ2n) is 8.83. The van der Waals surface area contributed by atoms with Gasteiger partial charge in [-0.1, -0.05) is 80.5 Å². The molecule has 1 heterocycles. The standard InChI is InChI=1S/C27H27N3O3/c1-27(2,3)20-13-15-21(16-14-20)32-18-25(31)28-23-12-8-7-11-22(23)26-29-24(30-33-26)17-19-9-5-4-6-10-19/h4-16H,17-18H2,1-3H3,(H,28,31). The average Bonchev–Trinajstić information content (AvgIpc) is 3.26. The van der Waals surface area contributed by atoms with Crippen LogP contribution in [0, 0.1) is 0 Å². The van der Waals surface area contributed by atoms with Gasteiger partial charge in [-0.05, 0) is 40.8 Å². The highest BCUT2D eigenvalue weighted by Gasteiger charge is 2.16. The highest BCUT2D eigenvalue weighted by atomic mass is 16.5. The van der Waals surface area contributed by atoms with Crippen LogP contribution in [0.5, 0.6) is 5.75 Å². The molecule has 0 saturated carbocycles. The Morgan fingerprint density at radius 3 is 2.36 bits per heavy atom. The summed E-state index contributed by atoms with van der Waals surface area (Å²) in [6.45, 7) is 6.36. The minimum Gasteiger partial charge on any atom is -0.484 e. The molecule has 168 valence electrons. The van der Waals surface area contributed by atoms with Gasteiger partial charge in [0.25, 0.3) is 11.8 Å². The Hall–Kier alpha value is -3.93. The quantitative estimate of drug-likeness (QED) is 0.401. The van der Waals surface area contributed by atoms with Gasteiger partial charge in [-0.25, -0.2) is 0 Å². The lowest BCUT2D eigenvalue weighted by molar-refractivity contribution is -0.118. The molecule has 0 fully saturated rings. The number of anilines is 1. The van der Waals surface area contributed by atoms with Gasteiger partial charge in [0.2, 0.25) is 0 Å². The predicted octanol–water partition coefficient (Wildman–Crippen LogP) is 5.64. The fourth-order valence-electron chi connectivity index (χ4n) is 3.38. The lowest BCUT2D eigenvalue weighted by Crippen LogP contribution is -2.20. The van der Waals surface area contributed by atoms with Crippen LogP contribution in [-0.4, -0.2) is 22.7 Å². The van der Waals surface area contributed by atoms with Crippen LogP contribution in [0.1, 0.15) is 37.7 Å². The van der Waals surface area contributed by atoms with E-state index >= 15 is 0 Å². The van der Waals surface area contributed by atoms with Crippen LogP contribution >= 0.6 is 0 Å². The van der Waals surface area contributed by atoms with E-state index in [1.807, 2.05) is 72.8 Å². The van der Waals surface area contributed by atoms with Crippen LogP contribution in [0.3, 0.4) is 0 Å². The number of amides is 1. The predicted molar refractivity (Wildman–Crippen MR) is 128 cm³/mol. The van der Waals surface area contributed by atoms with E-state index in [1.54, 1.807) is 6.07 Å². The number of nitrogens with one attached hydrogen (secondary N) is 1. The maximum atomic E-state index is 12.5. The lowest BCUT2D eigenvalue weighted by atomic mass is 9.87. The molecule has 0 unspecified atom stereocenters. The monoisotopic (exact) mass is 441 g/mol. The minimum absolute atomic E-state index is 0.0648. The number of rotatable bonds is 7. The largest absolute Gasteiger partial charge is 0.484 e. The first kappa shape index (κ1) is 22.3. The van der Waals surface area contributed by atoms with E-state index in [0.717, 1.165) is 5.56 Å². The maximum Gasteiger partial charge on any atom is 0.262 e. The van der Waals surface area contributed by atoms with Crippen LogP contribution in [0.15, 0.2) is 83.4 Å². The van der Waals surface area contributed by atoms with Crippen molar-refractivity contribution in [2.75, 3.05) is 11.9 Å². The molecule has 0 aliphatic carbocycles. The Balaban J connectivity index is 1.40. The molecule has 3 aromatic carbocycles. The number of aromatic nitrogens is 2. The molecule has 0 atom stereocenters. The summed E-state index contributed by atoms with van der Waals surface area (Å²) in [5, 5.41) is 6.97. The van der Waals surface area contributed by atoms with Crippen molar-refractivity contribution < 1.29 is 14.1 Å². The third kappa shape index (κ3) is 5.86. The van der Waals surface area contributed by atoms with Crippen molar-refractivity contribution in [3.05, 3.63) is 95.8 Å². The molecule has 0 spiro atoms. The molecule has 6 heteroatoms. The molecule has 1 N–H and O–H groups in total. The second kappa shape index (κ2) is 9.69. The molecule has 6 nitrogen and oxygen atoms in total. The molecule has 0 bridgehead atoms. The van der Waals surface area contributed by atoms with Crippen LogP contribution in [0.2, 0.25) is 0 Å². The van der Waals surface area contributed by atoms with Gasteiger partial charge in [-0.2, -0.15) is 4.98 Å². The summed E-state index contributed by atoms with van der Waals surface area (Å²) < 4.78 is 11.1. The topological polar surface area (TPSA) is 77.2 Å². The number of ether oxygens (including phenoxy) is 1. The van der Waals surface area contributed by atoms with E-state index in [9.17, 15) is 4.79 Å². The van der Waals surface area contributed by atoms with Gasteiger partial charge in [0.15, 0.2) is 12.4 Å². The number of hydrogen-bond acceptors (Lipinski definition) is 5. The molecule has 4 rings (SSSR count). The molecule has 0 aliphatic rings. The van der Waals surface area contributed by atoms with E-state index < -0.39 is 0 Å². The highest BCUT2D eigenvalue weighted by Crippen LogP contribution is 2.27. The zero-order chi connectivity index (χ0) is 23.3. The Bertz CT molecular complexity index is 1210. The molecule has 33 heavy (non-hydrogen) atoms. The number of carbonyl (C=O) groups is 1. The molecule has 0 aliphatic heterocycles. The van der Waals surface area contributed by atoms with Crippen molar-refractivity contribution >= 4 is 11.6 Å². The van der Waals surface area contributed by atoms with Crippen molar-refractivity contribution in [1.82, 2.24) is 10.1 Å². The first-order valence-electron chi connectivity index (χ1n) is 10.9. The van der Waals surface area contributed by atoms with Crippen LogP contribution < -0.4 is 10.1 Å². The van der Waals surface area contributed by atoms with E-state index in [0.29, 0.717) is 35.1 Å². The van der Waals surface area contributed by atoms with Gasteiger partial charge in [0.05, 0.1) is 11.3 Å². The van der Waals surface area contributed by atoms with Gasteiger partial charge in [-0.3, -0.25) is 4.79 Å². The fraction of sp³-hybridized carbons (Fsp3) is 0.222. The summed E-state index contributed by atoms with van der Waals surface area (Å²) in [5.41, 5.74) is 3.62. The summed E-state index contributed by atoms with van der Waals surface area (Å²) in [4.78, 5) is 17.0. The van der Waals surface area contributed by atoms with Crippen molar-refractivity contribution in [3.8, 4) is 17.2 Å². The SMILES string of the molecule is CC(C)(C)c1ccc(OCC(=O)Nc2ccccc2-c2nc(Cc3ccccc3)no2)cc1. The number of benzene rings is 3. The Kier molecular flexibility index (Phi) is 6.54. The molecule has 4 aromatic rings. The number of nitrogens with zero attached hydrogens (tertiary/aromatic N) is 2. The molecular weight excluding hydrogens is 414 g/mol. The number of hydrogen-bond donors (Lipinski definition) is 1. The molecule has 1 amide bonds. The highest BCUT2D eigenvalue weighted by molar-refractivity contribution is 5.95. The first-order chi connectivity index (χ1) is 15.9. The Morgan fingerprint density at radius 1 is 0.939 bits per heavy atom. The lowest BCUT2D eigenvalue weighted by Gasteiger charge is -2.19. The van der Waals surface area contributed by atoms with Gasteiger partial charge in [-0.15, -0.1) is 0 Å². The second-order valence-corrected chi connectivity index (χ2v) is 8.83. The summed E-state index contributed by atoms with van der Waals surface area (Å²) in [6.07, 6.45) is 0.570. The zero-order valence-electron chi connectivity index (χ0n) is 19.0. The van der Waals surface area contributed by atoms with E-state index in [1.165, 1.54) is 5.56 Å². The van der Waals surface area contributed by atoms with Crippen molar-refractivity contribution in [2.45, 2.75) is 32.6 Å². The summed E-state index contributed by atoms with van der Waals surface area (Å²) in [7, 11) is 0. The van der Waals surface area contributed by atoms with Crippen molar-refractivity contribution in [2.24, 2.45) is 0 Å². The number of carbonyl (C=O) groups excluding carboxylic acids is 1. The van der Waals surface area contributed by atoms with Gasteiger partial charge < -0.3 is 14.6 Å². The average molecular weight is 442 g/mol. The number of para-hydroxylation sites is 1. The third-order valence-electron chi connectivity index (χ3n) is 5.19. The summed E-state index contributed by atoms with van der Waals surface area (Å²) in [6, 6.07) is 25.1. The smallest absolute Gasteiger partial charge is 0.262 e. The van der Waals surface area contributed by atoms with Crippen LogP contribution in [-0.2, 0) is 16.6 Å². The summed E-state index contributed by atoms with van der Waals surface area (Å²) >= 11 is 0. The summed E-state index contributed by atoms with van der Waals surface area (Å²) in [5.74, 6) is 1.31. The van der Waals surface area contributed by atoms with Gasteiger partial charge in [0, 0.05) is 6.42 Å². The van der Waals surface area contributed by atoms with Crippen molar-refractivity contribution in [3.63, 3.8) is 0 Å². The molecule has 0 radical (unpaired) electrons. The Morgan fingerprint density at radius 2 is 1.64 bits per heavy atom. The zero-order valence-corrected chi connectivity index (χ0v) is 19.0. The molecule has 1 aromatic heterocycles. The van der Waals surface area contributed by atoms with Crippen molar-refractivity contribution in [1.29, 1.82) is 0 Å². The van der Waals surface area contributed by atoms with E-state index in [-0.39, 0.29) is 17.9 Å². The van der Waals surface area contributed by atoms with E-state index in [4.69, 9.17) is 9.26 Å². The first-order valence-corrected chi connectivity index (χ1v) is 10.9. The maximum absolute atomic E-state index is 12.5. The Labute approximate surface area is 193 Å². The van der Waals surface area contributed by atoms with E-state index in [2.05, 4.69) is 36.2 Å². The minimum atomic E-state index is -0.272. The fourth-order valence-corrected chi connectivity index (χ4v) is 3.38. The molecule has 0 saturated heterocycles. The van der Waals surface area contributed by atoms with Gasteiger partial charge >= 0.3 is 0 Å².